The Labute approximate surface area is 193 Å². The number of halogens is 3. The third-order valence-electron chi connectivity index (χ3n) is 4.55. The molecule has 12 heteroatoms. The zero-order valence-corrected chi connectivity index (χ0v) is 18.4. The molecule has 0 saturated heterocycles. The molecule has 0 bridgehead atoms. The van der Waals surface area contributed by atoms with Gasteiger partial charge < -0.3 is 20.7 Å². The molecule has 0 unspecified atom stereocenters. The van der Waals surface area contributed by atoms with Crippen molar-refractivity contribution < 1.29 is 32.4 Å². The minimum absolute atomic E-state index is 0.0575. The Morgan fingerprint density at radius 2 is 1.88 bits per heavy atom. The molecule has 3 N–H and O–H groups in total. The van der Waals surface area contributed by atoms with Crippen molar-refractivity contribution in [1.29, 1.82) is 0 Å². The van der Waals surface area contributed by atoms with Gasteiger partial charge in [0, 0.05) is 50.0 Å². The lowest BCUT2D eigenvalue weighted by molar-refractivity contribution is -0.384. The molecule has 0 aliphatic heterocycles. The minimum atomic E-state index is -4.71. The number of nitro groups is 1. The van der Waals surface area contributed by atoms with Gasteiger partial charge in [-0.2, -0.15) is 13.2 Å². The zero-order chi connectivity index (χ0) is 25.1. The molecule has 0 aromatic heterocycles. The van der Waals surface area contributed by atoms with Gasteiger partial charge in [-0.15, -0.1) is 0 Å². The predicted octanol–water partition coefficient (Wildman–Crippen LogP) is 4.21. The van der Waals surface area contributed by atoms with Gasteiger partial charge >= 0.3 is 6.18 Å². The van der Waals surface area contributed by atoms with Gasteiger partial charge in [-0.05, 0) is 43.7 Å². The first-order valence-corrected chi connectivity index (χ1v) is 10.5. The number of nitro benzene ring substituents is 1. The first-order chi connectivity index (χ1) is 16.1. The van der Waals surface area contributed by atoms with Gasteiger partial charge in [-0.25, -0.2) is 0 Å². The molecule has 2 aromatic carbocycles. The molecule has 0 aliphatic carbocycles. The molecule has 0 saturated carbocycles. The highest BCUT2D eigenvalue weighted by molar-refractivity contribution is 5.97. The van der Waals surface area contributed by atoms with Crippen LogP contribution in [0.5, 0.6) is 0 Å². The Bertz CT molecular complexity index is 1010. The number of nitrogens with one attached hydrogen (secondary N) is 3. The fourth-order valence-corrected chi connectivity index (χ4v) is 2.90. The molecule has 0 radical (unpaired) electrons. The topological polar surface area (TPSA) is 123 Å². The van der Waals surface area contributed by atoms with E-state index in [2.05, 4.69) is 16.0 Å². The van der Waals surface area contributed by atoms with Crippen molar-refractivity contribution in [1.82, 2.24) is 5.32 Å². The first kappa shape index (κ1) is 26.6. The van der Waals surface area contributed by atoms with Crippen LogP contribution >= 0.6 is 0 Å². The highest BCUT2D eigenvalue weighted by Crippen LogP contribution is 2.34. The van der Waals surface area contributed by atoms with Gasteiger partial charge in [0.2, 0.25) is 5.91 Å². The van der Waals surface area contributed by atoms with E-state index in [1.165, 1.54) is 6.07 Å². The Morgan fingerprint density at radius 1 is 1.12 bits per heavy atom. The highest BCUT2D eigenvalue weighted by atomic mass is 19.4. The van der Waals surface area contributed by atoms with Gasteiger partial charge in [0.25, 0.3) is 11.6 Å². The maximum absolute atomic E-state index is 12.8. The van der Waals surface area contributed by atoms with Crippen molar-refractivity contribution in [3.63, 3.8) is 0 Å². The van der Waals surface area contributed by atoms with E-state index in [1.54, 1.807) is 18.2 Å². The average molecular weight is 482 g/mol. The van der Waals surface area contributed by atoms with E-state index in [4.69, 9.17) is 4.74 Å². The van der Waals surface area contributed by atoms with Crippen molar-refractivity contribution in [2.45, 2.75) is 25.9 Å². The van der Waals surface area contributed by atoms with Gasteiger partial charge in [0.1, 0.15) is 5.69 Å². The predicted molar refractivity (Wildman–Crippen MR) is 120 cm³/mol. The summed E-state index contributed by atoms with van der Waals surface area (Å²) in [5, 5.41) is 19.1. The van der Waals surface area contributed by atoms with Crippen molar-refractivity contribution in [3.05, 3.63) is 63.7 Å². The number of hydrogen-bond acceptors (Lipinski definition) is 6. The molecule has 0 atom stereocenters. The second kappa shape index (κ2) is 12.5. The van der Waals surface area contributed by atoms with Crippen LogP contribution in [0.4, 0.5) is 30.2 Å². The van der Waals surface area contributed by atoms with E-state index in [0.29, 0.717) is 43.5 Å². The number of hydrogen-bond donors (Lipinski definition) is 3. The normalized spacial score (nSPS) is 11.1. The number of rotatable bonds is 12. The summed E-state index contributed by atoms with van der Waals surface area (Å²) < 4.78 is 43.6. The molecule has 0 spiro atoms. The number of amides is 2. The maximum Gasteiger partial charge on any atom is 0.416 e. The van der Waals surface area contributed by atoms with Crippen LogP contribution < -0.4 is 16.0 Å². The quantitative estimate of drug-likeness (QED) is 0.237. The van der Waals surface area contributed by atoms with E-state index in [-0.39, 0.29) is 24.6 Å². The standard InChI is InChI=1S/C22H25F3N4O5/c1-2-34-12-4-10-27-21(31)15-5-3-6-17(13-15)28-20(30)9-11-26-18-8-7-16(22(23,24)25)14-19(18)29(32)33/h3,5-8,13-14,26H,2,4,9-12H2,1H3,(H,27,31)(H,28,30). The fourth-order valence-electron chi connectivity index (χ4n) is 2.90. The largest absolute Gasteiger partial charge is 0.416 e. The van der Waals surface area contributed by atoms with E-state index in [1.807, 2.05) is 6.92 Å². The molecule has 34 heavy (non-hydrogen) atoms. The summed E-state index contributed by atoms with van der Waals surface area (Å²) in [5.74, 6) is -0.750. The van der Waals surface area contributed by atoms with Gasteiger partial charge in [-0.1, -0.05) is 6.07 Å². The Balaban J connectivity index is 1.88. The molecule has 0 fully saturated rings. The second-order valence-corrected chi connectivity index (χ2v) is 7.10. The smallest absolute Gasteiger partial charge is 0.382 e. The van der Waals surface area contributed by atoms with E-state index in [9.17, 15) is 32.9 Å². The third kappa shape index (κ3) is 8.35. The van der Waals surface area contributed by atoms with Crippen molar-refractivity contribution >= 4 is 28.9 Å². The number of benzene rings is 2. The molecule has 2 amide bonds. The van der Waals surface area contributed by atoms with Crippen molar-refractivity contribution in [3.8, 4) is 0 Å². The average Bonchev–Trinajstić information content (AvgIpc) is 2.78. The Kier molecular flexibility index (Phi) is 9.80. The molecular weight excluding hydrogens is 457 g/mol. The summed E-state index contributed by atoms with van der Waals surface area (Å²) in [7, 11) is 0. The lowest BCUT2D eigenvalue weighted by Gasteiger charge is -2.11. The lowest BCUT2D eigenvalue weighted by Crippen LogP contribution is -2.25. The lowest BCUT2D eigenvalue weighted by atomic mass is 10.1. The summed E-state index contributed by atoms with van der Waals surface area (Å²) in [5.41, 5.74) is -1.27. The Morgan fingerprint density at radius 3 is 2.56 bits per heavy atom. The van der Waals surface area contributed by atoms with Crippen LogP contribution in [0.2, 0.25) is 0 Å². The van der Waals surface area contributed by atoms with Gasteiger partial charge in [0.15, 0.2) is 0 Å². The number of anilines is 2. The summed E-state index contributed by atoms with van der Waals surface area (Å²) in [4.78, 5) is 34.6. The molecule has 2 rings (SSSR count). The summed E-state index contributed by atoms with van der Waals surface area (Å²) >= 11 is 0. The van der Waals surface area contributed by atoms with Gasteiger partial charge in [0.05, 0.1) is 10.5 Å². The number of carbonyl (C=O) groups is 2. The summed E-state index contributed by atoms with van der Waals surface area (Å²) in [6, 6.07) is 8.42. The van der Waals surface area contributed by atoms with Crippen LogP contribution in [0.15, 0.2) is 42.5 Å². The number of ether oxygens (including phenoxy) is 1. The summed E-state index contributed by atoms with van der Waals surface area (Å²) in [6.07, 6.45) is -4.16. The van der Waals surface area contributed by atoms with Crippen LogP contribution in [-0.2, 0) is 15.7 Å². The molecule has 0 heterocycles. The minimum Gasteiger partial charge on any atom is -0.382 e. The van der Waals surface area contributed by atoms with E-state index in [0.717, 1.165) is 12.1 Å². The van der Waals surface area contributed by atoms with Crippen LogP contribution in [-0.4, -0.2) is 43.0 Å². The SMILES string of the molecule is CCOCCCNC(=O)c1cccc(NC(=O)CCNc2ccc(C(F)(F)F)cc2[N+](=O)[O-])c1. The van der Waals surface area contributed by atoms with Gasteiger partial charge in [-0.3, -0.25) is 19.7 Å². The number of carbonyl (C=O) groups excluding carboxylic acids is 2. The maximum atomic E-state index is 12.8. The third-order valence-corrected chi connectivity index (χ3v) is 4.55. The summed E-state index contributed by atoms with van der Waals surface area (Å²) in [6.45, 7) is 3.41. The van der Waals surface area contributed by atoms with Crippen LogP contribution in [0, 0.1) is 10.1 Å². The number of nitrogens with zero attached hydrogens (tertiary/aromatic N) is 1. The van der Waals surface area contributed by atoms with Crippen LogP contribution in [0.3, 0.4) is 0 Å². The fraction of sp³-hybridized carbons (Fsp3) is 0.364. The molecule has 9 nitrogen and oxygen atoms in total. The molecule has 2 aromatic rings. The van der Waals surface area contributed by atoms with Crippen molar-refractivity contribution in [2.24, 2.45) is 0 Å². The second-order valence-electron chi connectivity index (χ2n) is 7.10. The van der Waals surface area contributed by atoms with Crippen LogP contribution in [0.25, 0.3) is 0 Å². The number of alkyl halides is 3. The molecule has 0 aliphatic rings. The van der Waals surface area contributed by atoms with E-state index < -0.39 is 28.3 Å². The van der Waals surface area contributed by atoms with E-state index >= 15 is 0 Å². The Hall–Kier alpha value is -3.67. The molecule has 184 valence electrons. The molecular formula is C22H25F3N4O5. The first-order valence-electron chi connectivity index (χ1n) is 10.5. The highest BCUT2D eigenvalue weighted by Gasteiger charge is 2.33. The van der Waals surface area contributed by atoms with Crippen LogP contribution in [0.1, 0.15) is 35.7 Å². The van der Waals surface area contributed by atoms with Crippen molar-refractivity contribution in [2.75, 3.05) is 36.9 Å². The monoisotopic (exact) mass is 482 g/mol. The zero-order valence-electron chi connectivity index (χ0n) is 18.4.